The van der Waals surface area contributed by atoms with Crippen LogP contribution in [0.25, 0.3) is 0 Å². The van der Waals surface area contributed by atoms with Crippen LogP contribution in [0.5, 0.6) is 0 Å². The molecule has 2 saturated carbocycles. The van der Waals surface area contributed by atoms with Crippen LogP contribution in [0.1, 0.15) is 47.0 Å². The van der Waals surface area contributed by atoms with Gasteiger partial charge in [0.2, 0.25) is 11.8 Å². The molecule has 0 spiro atoms. The summed E-state index contributed by atoms with van der Waals surface area (Å²) in [7, 11) is 0. The third kappa shape index (κ3) is 2.37. The Labute approximate surface area is 115 Å². The van der Waals surface area contributed by atoms with Gasteiger partial charge in [0.25, 0.3) is 0 Å². The summed E-state index contributed by atoms with van der Waals surface area (Å²) in [5.41, 5.74) is 5.56. The Bertz CT molecular complexity index is 370. The number of carbonyl (C=O) groups excluding carboxylic acids is 2. The van der Waals surface area contributed by atoms with Gasteiger partial charge in [-0.15, -0.1) is 0 Å². The van der Waals surface area contributed by atoms with E-state index in [0.717, 1.165) is 19.3 Å². The van der Waals surface area contributed by atoms with Crippen LogP contribution in [0, 0.1) is 23.7 Å². The van der Waals surface area contributed by atoms with Crippen molar-refractivity contribution in [2.24, 2.45) is 29.4 Å². The molecule has 2 bridgehead atoms. The Hall–Kier alpha value is -1.06. The molecule has 4 heteroatoms. The first-order valence-corrected chi connectivity index (χ1v) is 7.46. The molecule has 0 aromatic rings. The molecule has 4 unspecified atom stereocenters. The van der Waals surface area contributed by atoms with Crippen LogP contribution >= 0.6 is 0 Å². The smallest absolute Gasteiger partial charge is 0.227 e. The van der Waals surface area contributed by atoms with Crippen molar-refractivity contribution in [1.82, 2.24) is 4.90 Å². The highest BCUT2D eigenvalue weighted by Crippen LogP contribution is 2.52. The van der Waals surface area contributed by atoms with Gasteiger partial charge in [-0.3, -0.25) is 9.59 Å². The van der Waals surface area contributed by atoms with E-state index in [9.17, 15) is 9.59 Å². The minimum Gasteiger partial charge on any atom is -0.369 e. The van der Waals surface area contributed by atoms with Gasteiger partial charge in [-0.25, -0.2) is 0 Å². The molecular formula is C15H26N2O2. The Morgan fingerprint density at radius 1 is 1.00 bits per heavy atom. The minimum absolute atomic E-state index is 0.140. The Morgan fingerprint density at radius 3 is 1.89 bits per heavy atom. The molecule has 0 aliphatic heterocycles. The SMILES string of the molecule is CC(C)N(C(=O)C1C2CCC(C2)C1C(N)=O)C(C)C. The predicted molar refractivity (Wildman–Crippen MR) is 74.1 cm³/mol. The van der Waals surface area contributed by atoms with Gasteiger partial charge in [0, 0.05) is 12.1 Å². The molecule has 2 rings (SSSR count). The molecule has 4 atom stereocenters. The molecule has 108 valence electrons. The zero-order chi connectivity index (χ0) is 14.3. The molecule has 0 aromatic heterocycles. The second kappa shape index (κ2) is 5.14. The first-order valence-electron chi connectivity index (χ1n) is 7.46. The minimum atomic E-state index is -0.280. The highest BCUT2D eigenvalue weighted by Gasteiger charge is 2.54. The maximum atomic E-state index is 12.9. The van der Waals surface area contributed by atoms with Crippen LogP contribution in [0.4, 0.5) is 0 Å². The van der Waals surface area contributed by atoms with Crippen LogP contribution < -0.4 is 5.73 Å². The first-order chi connectivity index (χ1) is 8.84. The average Bonchev–Trinajstić information content (AvgIpc) is 2.86. The molecule has 19 heavy (non-hydrogen) atoms. The van der Waals surface area contributed by atoms with Crippen LogP contribution in [0.15, 0.2) is 0 Å². The van der Waals surface area contributed by atoms with Gasteiger partial charge in [-0.1, -0.05) is 0 Å². The second-order valence-electron chi connectivity index (χ2n) is 6.72. The number of rotatable bonds is 4. The maximum absolute atomic E-state index is 12.9. The molecule has 2 amide bonds. The summed E-state index contributed by atoms with van der Waals surface area (Å²) in [6.45, 7) is 8.13. The van der Waals surface area contributed by atoms with Gasteiger partial charge in [-0.2, -0.15) is 0 Å². The monoisotopic (exact) mass is 266 g/mol. The number of fused-ring (bicyclic) bond motifs is 2. The van der Waals surface area contributed by atoms with Crippen molar-refractivity contribution in [2.75, 3.05) is 0 Å². The number of primary amides is 1. The topological polar surface area (TPSA) is 63.4 Å². The first kappa shape index (κ1) is 14.4. The van der Waals surface area contributed by atoms with Crippen molar-refractivity contribution in [3.63, 3.8) is 0 Å². The third-order valence-corrected chi connectivity index (χ3v) is 4.90. The molecule has 4 nitrogen and oxygen atoms in total. The summed E-state index contributed by atoms with van der Waals surface area (Å²) >= 11 is 0. The Morgan fingerprint density at radius 2 is 1.47 bits per heavy atom. The van der Waals surface area contributed by atoms with E-state index in [0.29, 0.717) is 11.8 Å². The quantitative estimate of drug-likeness (QED) is 0.843. The van der Waals surface area contributed by atoms with Crippen molar-refractivity contribution in [1.29, 1.82) is 0 Å². The summed E-state index contributed by atoms with van der Waals surface area (Å²) in [6.07, 6.45) is 3.15. The lowest BCUT2D eigenvalue weighted by molar-refractivity contribution is -0.146. The summed E-state index contributed by atoms with van der Waals surface area (Å²) in [5.74, 6) is 0.180. The fourth-order valence-electron chi connectivity index (χ4n) is 4.33. The van der Waals surface area contributed by atoms with Gasteiger partial charge < -0.3 is 10.6 Å². The molecule has 2 aliphatic carbocycles. The number of hydrogen-bond acceptors (Lipinski definition) is 2. The van der Waals surface area contributed by atoms with Crippen molar-refractivity contribution in [3.8, 4) is 0 Å². The van der Waals surface area contributed by atoms with Gasteiger partial charge >= 0.3 is 0 Å². The number of amides is 2. The van der Waals surface area contributed by atoms with E-state index in [1.165, 1.54) is 0 Å². The van der Waals surface area contributed by atoms with Gasteiger partial charge in [0.15, 0.2) is 0 Å². The summed E-state index contributed by atoms with van der Waals surface area (Å²) < 4.78 is 0. The maximum Gasteiger partial charge on any atom is 0.227 e. The van der Waals surface area contributed by atoms with E-state index in [4.69, 9.17) is 5.73 Å². The summed E-state index contributed by atoms with van der Waals surface area (Å²) in [5, 5.41) is 0. The molecule has 0 saturated heterocycles. The lowest BCUT2D eigenvalue weighted by atomic mass is 9.77. The second-order valence-corrected chi connectivity index (χ2v) is 6.72. The fourth-order valence-corrected chi connectivity index (χ4v) is 4.33. The van der Waals surface area contributed by atoms with E-state index in [1.807, 2.05) is 32.6 Å². The lowest BCUT2D eigenvalue weighted by Crippen LogP contribution is -2.50. The zero-order valence-corrected chi connectivity index (χ0v) is 12.4. The molecule has 0 aromatic carbocycles. The van der Waals surface area contributed by atoms with Crippen molar-refractivity contribution in [3.05, 3.63) is 0 Å². The van der Waals surface area contributed by atoms with Crippen LogP contribution in [-0.2, 0) is 9.59 Å². The molecule has 0 heterocycles. The number of carbonyl (C=O) groups is 2. The Kier molecular flexibility index (Phi) is 3.88. The van der Waals surface area contributed by atoms with Crippen molar-refractivity contribution in [2.45, 2.75) is 59.0 Å². The standard InChI is InChI=1S/C15H26N2O2/c1-8(2)17(9(3)4)15(19)13-11-6-5-10(7-11)12(13)14(16)18/h8-13H,5-7H2,1-4H3,(H2,16,18). The summed E-state index contributed by atoms with van der Waals surface area (Å²) in [6, 6.07) is 0.334. The lowest BCUT2D eigenvalue weighted by Gasteiger charge is -2.37. The average molecular weight is 266 g/mol. The molecule has 2 aliphatic rings. The highest BCUT2D eigenvalue weighted by atomic mass is 16.2. The van der Waals surface area contributed by atoms with Crippen molar-refractivity contribution < 1.29 is 9.59 Å². The summed E-state index contributed by atoms with van der Waals surface area (Å²) in [4.78, 5) is 26.5. The Balaban J connectivity index is 2.24. The van der Waals surface area contributed by atoms with Gasteiger partial charge in [-0.05, 0) is 58.8 Å². The fraction of sp³-hybridized carbons (Fsp3) is 0.867. The highest BCUT2D eigenvalue weighted by molar-refractivity contribution is 5.88. The predicted octanol–water partition coefficient (Wildman–Crippen LogP) is 1.78. The van der Waals surface area contributed by atoms with Crippen LogP contribution in [-0.4, -0.2) is 28.8 Å². The largest absolute Gasteiger partial charge is 0.369 e. The van der Waals surface area contributed by atoms with Crippen molar-refractivity contribution >= 4 is 11.8 Å². The number of nitrogens with two attached hydrogens (primary N) is 1. The van der Waals surface area contributed by atoms with E-state index >= 15 is 0 Å². The van der Waals surface area contributed by atoms with Crippen LogP contribution in [0.3, 0.4) is 0 Å². The number of hydrogen-bond donors (Lipinski definition) is 1. The molecule has 2 N–H and O–H groups in total. The third-order valence-electron chi connectivity index (χ3n) is 4.90. The molecule has 2 fully saturated rings. The molecular weight excluding hydrogens is 240 g/mol. The van der Waals surface area contributed by atoms with E-state index in [2.05, 4.69) is 0 Å². The van der Waals surface area contributed by atoms with Gasteiger partial charge in [0.1, 0.15) is 0 Å². The van der Waals surface area contributed by atoms with E-state index in [1.54, 1.807) is 0 Å². The van der Waals surface area contributed by atoms with E-state index < -0.39 is 0 Å². The van der Waals surface area contributed by atoms with Crippen LogP contribution in [0.2, 0.25) is 0 Å². The normalized spacial score (nSPS) is 33.2. The number of nitrogens with zero attached hydrogens (tertiary/aromatic N) is 1. The van der Waals surface area contributed by atoms with Gasteiger partial charge in [0.05, 0.1) is 11.8 Å². The zero-order valence-electron chi connectivity index (χ0n) is 12.4. The molecule has 0 radical (unpaired) electrons. The van der Waals surface area contributed by atoms with E-state index in [-0.39, 0.29) is 35.7 Å².